The second-order valence-corrected chi connectivity index (χ2v) is 7.97. The summed E-state index contributed by atoms with van der Waals surface area (Å²) in [5.74, 6) is -0.174. The van der Waals surface area contributed by atoms with Crippen LogP contribution in [0.15, 0.2) is 103 Å². The number of nitrogens with zero attached hydrogens (tertiary/aromatic N) is 1. The molecule has 4 aromatic rings. The highest BCUT2D eigenvalue weighted by Crippen LogP contribution is 2.23. The third-order valence-corrected chi connectivity index (χ3v) is 5.36. The highest BCUT2D eigenvalue weighted by atomic mass is 16.5. The third kappa shape index (κ3) is 6.21. The van der Waals surface area contributed by atoms with Crippen LogP contribution >= 0.6 is 0 Å². The van der Waals surface area contributed by atoms with Gasteiger partial charge >= 0.3 is 5.97 Å². The van der Waals surface area contributed by atoms with Crippen LogP contribution in [-0.2, 0) is 13.1 Å². The standard InChI is InChI=1S/C29H23NO5/c31-20-23-15-24(17-25(16-23)29(33)34)28(32)30(18-21-7-3-1-4-8-21)19-22-11-13-27(14-12-22)35-26-9-5-2-6-10-26/h1-17,20H,18-19H2,(H,33,34). The number of carboxylic acids is 1. The summed E-state index contributed by atoms with van der Waals surface area (Å²) in [5.41, 5.74) is 1.97. The summed E-state index contributed by atoms with van der Waals surface area (Å²) in [6.45, 7) is 0.600. The van der Waals surface area contributed by atoms with Crippen LogP contribution < -0.4 is 4.74 Å². The molecular weight excluding hydrogens is 442 g/mol. The second kappa shape index (κ2) is 10.9. The van der Waals surface area contributed by atoms with Gasteiger partial charge in [0.15, 0.2) is 0 Å². The van der Waals surface area contributed by atoms with E-state index in [0.717, 1.165) is 16.9 Å². The van der Waals surface area contributed by atoms with E-state index in [1.165, 1.54) is 18.2 Å². The predicted molar refractivity (Wildman–Crippen MR) is 132 cm³/mol. The van der Waals surface area contributed by atoms with E-state index in [1.54, 1.807) is 4.90 Å². The zero-order chi connectivity index (χ0) is 24.6. The summed E-state index contributed by atoms with van der Waals surface area (Å²) in [7, 11) is 0. The van der Waals surface area contributed by atoms with E-state index in [-0.39, 0.29) is 29.1 Å². The van der Waals surface area contributed by atoms with E-state index in [1.807, 2.05) is 84.9 Å². The molecule has 6 nitrogen and oxygen atoms in total. The highest BCUT2D eigenvalue weighted by molar-refractivity contribution is 5.99. The summed E-state index contributed by atoms with van der Waals surface area (Å²) >= 11 is 0. The first-order valence-electron chi connectivity index (χ1n) is 11.0. The quantitative estimate of drug-likeness (QED) is 0.314. The minimum Gasteiger partial charge on any atom is -0.478 e. The molecule has 174 valence electrons. The number of para-hydroxylation sites is 1. The van der Waals surface area contributed by atoms with E-state index in [4.69, 9.17) is 4.74 Å². The van der Waals surface area contributed by atoms with E-state index in [9.17, 15) is 19.5 Å². The van der Waals surface area contributed by atoms with Crippen molar-refractivity contribution in [2.45, 2.75) is 13.1 Å². The fraction of sp³-hybridized carbons (Fsp3) is 0.0690. The van der Waals surface area contributed by atoms with Crippen molar-refractivity contribution in [3.8, 4) is 11.5 Å². The molecule has 0 atom stereocenters. The number of hydrogen-bond acceptors (Lipinski definition) is 4. The molecule has 1 N–H and O–H groups in total. The van der Waals surface area contributed by atoms with Gasteiger partial charge in [-0.1, -0.05) is 60.7 Å². The second-order valence-electron chi connectivity index (χ2n) is 7.97. The van der Waals surface area contributed by atoms with Crippen molar-refractivity contribution in [1.29, 1.82) is 0 Å². The van der Waals surface area contributed by atoms with Crippen molar-refractivity contribution in [1.82, 2.24) is 4.90 Å². The molecule has 0 saturated carbocycles. The Morgan fingerprint density at radius 3 is 1.86 bits per heavy atom. The third-order valence-electron chi connectivity index (χ3n) is 5.36. The number of aldehydes is 1. The molecule has 0 unspecified atom stereocenters. The summed E-state index contributed by atoms with van der Waals surface area (Å²) in [6, 6.07) is 30.4. The minimum absolute atomic E-state index is 0.111. The van der Waals surface area contributed by atoms with Crippen LogP contribution in [0.3, 0.4) is 0 Å². The number of carboxylic acid groups (broad SMARTS) is 1. The van der Waals surface area contributed by atoms with Crippen LogP contribution in [0.2, 0.25) is 0 Å². The van der Waals surface area contributed by atoms with Gasteiger partial charge in [-0.25, -0.2) is 4.79 Å². The lowest BCUT2D eigenvalue weighted by atomic mass is 10.0. The Kier molecular flexibility index (Phi) is 7.33. The van der Waals surface area contributed by atoms with Crippen molar-refractivity contribution in [3.63, 3.8) is 0 Å². The van der Waals surface area contributed by atoms with Gasteiger partial charge in [-0.3, -0.25) is 9.59 Å². The Balaban J connectivity index is 1.60. The Labute approximate surface area is 203 Å². The molecule has 1 amide bonds. The molecule has 0 heterocycles. The molecular formula is C29H23NO5. The Hall–Kier alpha value is -4.71. The van der Waals surface area contributed by atoms with Crippen LogP contribution in [0.5, 0.6) is 11.5 Å². The summed E-state index contributed by atoms with van der Waals surface area (Å²) in [6.07, 6.45) is 0.538. The number of ether oxygens (including phenoxy) is 1. The molecule has 0 bridgehead atoms. The molecule has 0 aliphatic rings. The van der Waals surface area contributed by atoms with Gasteiger partial charge in [0.05, 0.1) is 5.56 Å². The van der Waals surface area contributed by atoms with E-state index < -0.39 is 5.97 Å². The Bertz CT molecular complexity index is 1320. The average molecular weight is 466 g/mol. The first-order valence-corrected chi connectivity index (χ1v) is 11.0. The summed E-state index contributed by atoms with van der Waals surface area (Å²) in [4.78, 5) is 38.0. The first-order chi connectivity index (χ1) is 17.0. The molecule has 35 heavy (non-hydrogen) atoms. The minimum atomic E-state index is -1.20. The maximum Gasteiger partial charge on any atom is 0.335 e. The van der Waals surface area contributed by atoms with Crippen molar-refractivity contribution >= 4 is 18.2 Å². The number of aromatic carboxylic acids is 1. The maximum atomic E-state index is 13.5. The van der Waals surface area contributed by atoms with Gasteiger partial charge in [-0.05, 0) is 53.6 Å². The summed E-state index contributed by atoms with van der Waals surface area (Å²) in [5, 5.41) is 9.40. The fourth-order valence-electron chi connectivity index (χ4n) is 3.66. The summed E-state index contributed by atoms with van der Waals surface area (Å²) < 4.78 is 5.84. The lowest BCUT2D eigenvalue weighted by Gasteiger charge is -2.24. The lowest BCUT2D eigenvalue weighted by molar-refractivity contribution is 0.0697. The SMILES string of the molecule is O=Cc1cc(C(=O)O)cc(C(=O)N(Cc2ccccc2)Cc2ccc(Oc3ccccc3)cc2)c1. The predicted octanol–water partition coefficient (Wildman–Crippen LogP) is 5.83. The number of carbonyl (C=O) groups excluding carboxylic acids is 2. The number of carbonyl (C=O) groups is 3. The van der Waals surface area contributed by atoms with Gasteiger partial charge in [0.2, 0.25) is 0 Å². The maximum absolute atomic E-state index is 13.5. The number of rotatable bonds is 9. The lowest BCUT2D eigenvalue weighted by Crippen LogP contribution is -2.30. The highest BCUT2D eigenvalue weighted by Gasteiger charge is 2.19. The van der Waals surface area contributed by atoms with Crippen molar-refractivity contribution in [2.75, 3.05) is 0 Å². The van der Waals surface area contributed by atoms with Gasteiger partial charge in [-0.15, -0.1) is 0 Å². The molecule has 0 radical (unpaired) electrons. The number of hydrogen-bond donors (Lipinski definition) is 1. The molecule has 0 aliphatic heterocycles. The van der Waals surface area contributed by atoms with Crippen LogP contribution in [0.1, 0.15) is 42.2 Å². The number of amides is 1. The molecule has 0 aliphatic carbocycles. The van der Waals surface area contributed by atoms with Gasteiger partial charge in [0.25, 0.3) is 5.91 Å². The van der Waals surface area contributed by atoms with E-state index in [2.05, 4.69) is 0 Å². The number of benzene rings is 4. The molecule has 0 saturated heterocycles. The fourth-order valence-corrected chi connectivity index (χ4v) is 3.66. The van der Waals surface area contributed by atoms with Crippen molar-refractivity contribution in [2.24, 2.45) is 0 Å². The molecule has 0 spiro atoms. The smallest absolute Gasteiger partial charge is 0.335 e. The molecule has 6 heteroatoms. The Morgan fingerprint density at radius 1 is 0.714 bits per heavy atom. The largest absolute Gasteiger partial charge is 0.478 e. The van der Waals surface area contributed by atoms with Crippen molar-refractivity contribution < 1.29 is 24.2 Å². The van der Waals surface area contributed by atoms with E-state index >= 15 is 0 Å². The molecule has 0 aromatic heterocycles. The van der Waals surface area contributed by atoms with Crippen LogP contribution in [0, 0.1) is 0 Å². The Morgan fingerprint density at radius 2 is 1.26 bits per heavy atom. The molecule has 0 fully saturated rings. The van der Waals surface area contributed by atoms with Crippen molar-refractivity contribution in [3.05, 3.63) is 131 Å². The van der Waals surface area contributed by atoms with Gasteiger partial charge in [-0.2, -0.15) is 0 Å². The molecule has 4 rings (SSSR count). The van der Waals surface area contributed by atoms with Crippen LogP contribution in [-0.4, -0.2) is 28.2 Å². The average Bonchev–Trinajstić information content (AvgIpc) is 2.90. The zero-order valence-corrected chi connectivity index (χ0v) is 18.8. The first kappa shape index (κ1) is 23.4. The molecule has 4 aromatic carbocycles. The zero-order valence-electron chi connectivity index (χ0n) is 18.8. The normalized spacial score (nSPS) is 10.4. The topological polar surface area (TPSA) is 83.9 Å². The van der Waals surface area contributed by atoms with E-state index in [0.29, 0.717) is 18.6 Å². The van der Waals surface area contributed by atoms with Crippen LogP contribution in [0.25, 0.3) is 0 Å². The van der Waals surface area contributed by atoms with Gasteiger partial charge < -0.3 is 14.7 Å². The monoisotopic (exact) mass is 465 g/mol. The van der Waals surface area contributed by atoms with Gasteiger partial charge in [0.1, 0.15) is 17.8 Å². The van der Waals surface area contributed by atoms with Gasteiger partial charge in [0, 0.05) is 24.2 Å². The van der Waals surface area contributed by atoms with Crippen LogP contribution in [0.4, 0.5) is 0 Å².